The smallest absolute Gasteiger partial charge is 0.122 e. The number of benzene rings is 2. The van der Waals surface area contributed by atoms with Crippen LogP contribution < -0.4 is 5.46 Å². The van der Waals surface area contributed by atoms with Crippen LogP contribution in [0.25, 0.3) is 0 Å². The van der Waals surface area contributed by atoms with E-state index in [1.165, 1.54) is 11.0 Å². The summed E-state index contributed by atoms with van der Waals surface area (Å²) in [5.41, 5.74) is 2.68. The average Bonchev–Trinajstić information content (AvgIpc) is 2.30. The van der Waals surface area contributed by atoms with Crippen LogP contribution >= 0.6 is 0 Å². The van der Waals surface area contributed by atoms with Crippen molar-refractivity contribution in [2.24, 2.45) is 0 Å². The molecule has 2 aromatic carbocycles. The molecule has 0 aliphatic heterocycles. The maximum absolute atomic E-state index is 12.7. The lowest BCUT2D eigenvalue weighted by molar-refractivity contribution is 0.628. The van der Waals surface area contributed by atoms with E-state index in [0.29, 0.717) is 0 Å². The molecule has 0 aliphatic rings. The molecule has 0 spiro atoms. The third-order valence-electron chi connectivity index (χ3n) is 2.85. The highest BCUT2D eigenvalue weighted by Gasteiger charge is 1.90. The number of hydrogen-bond acceptors (Lipinski definition) is 0. The number of rotatable bonds is 3. The first-order valence-corrected chi connectivity index (χ1v) is 5.48. The molecule has 0 radical (unpaired) electrons. The van der Waals surface area contributed by atoms with Gasteiger partial charge in [0.15, 0.2) is 0 Å². The average molecular weight is 199 g/mol. The van der Waals surface area contributed by atoms with Crippen LogP contribution in [0, 0.1) is 5.82 Å². The fourth-order valence-electron chi connectivity index (χ4n) is 1.89. The van der Waals surface area contributed by atoms with Crippen molar-refractivity contribution in [2.45, 2.75) is 6.32 Å². The van der Waals surface area contributed by atoms with Crippen LogP contribution in [-0.2, 0) is 6.32 Å². The van der Waals surface area contributed by atoms with Gasteiger partial charge >= 0.3 is 0 Å². The highest BCUT2D eigenvalue weighted by Crippen LogP contribution is 1.99. The van der Waals surface area contributed by atoms with Crippen molar-refractivity contribution in [3.63, 3.8) is 0 Å². The Morgan fingerprint density at radius 1 is 0.867 bits per heavy atom. The Balaban J connectivity index is 1.96. The first kappa shape index (κ1) is 9.97. The summed E-state index contributed by atoms with van der Waals surface area (Å²) in [5.74, 6) is -0.148. The van der Waals surface area contributed by atoms with E-state index in [1.54, 1.807) is 12.1 Å². The van der Waals surface area contributed by atoms with E-state index in [-0.39, 0.29) is 13.1 Å². The van der Waals surface area contributed by atoms with Crippen LogP contribution in [0.3, 0.4) is 0 Å². The van der Waals surface area contributed by atoms with Gasteiger partial charge in [-0.15, -0.1) is 0 Å². The van der Waals surface area contributed by atoms with E-state index in [0.717, 1.165) is 6.32 Å². The van der Waals surface area contributed by atoms with Gasteiger partial charge in [0.2, 0.25) is 0 Å². The fraction of sp³-hybridized carbons (Fsp3) is 0.0769. The Morgan fingerprint density at radius 3 is 2.20 bits per heavy atom. The molecule has 0 nitrogen and oxygen atoms in total. The molecule has 0 aliphatic carbocycles. The van der Waals surface area contributed by atoms with Gasteiger partial charge in [-0.2, -0.15) is 6.32 Å². The van der Waals surface area contributed by atoms with E-state index in [1.807, 2.05) is 18.2 Å². The Morgan fingerprint density at radius 2 is 1.53 bits per heavy atom. The molecule has 0 fully saturated rings. The van der Waals surface area contributed by atoms with E-state index in [9.17, 15) is 4.39 Å². The molecular weight excluding hydrogens is 186 g/mol. The van der Waals surface area contributed by atoms with Gasteiger partial charge in [0.05, 0.1) is 0 Å². The number of halogens is 1. The summed E-state index contributed by atoms with van der Waals surface area (Å²) in [5, 5.41) is 0. The van der Waals surface area contributed by atoms with Crippen molar-refractivity contribution in [3.8, 4) is 0 Å². The first-order valence-electron chi connectivity index (χ1n) is 5.48. The van der Waals surface area contributed by atoms with Crippen LogP contribution in [0.2, 0.25) is 0 Å². The molecule has 76 valence electrons. The van der Waals surface area contributed by atoms with Gasteiger partial charge in [-0.1, -0.05) is 48.0 Å². The first-order chi connectivity index (χ1) is 7.34. The molecule has 0 atom stereocenters. The Labute approximate surface area is 90.0 Å². The van der Waals surface area contributed by atoms with E-state index in [2.05, 4.69) is 24.3 Å². The van der Waals surface area contributed by atoms with Gasteiger partial charge in [-0.05, 0) is 12.1 Å². The standard InChI is InChI=1S/C13H13BF/c15-13-8-6-12(7-9-13)14-10-11-4-2-1-3-5-11/h1-9H,10,14H2/q-1. The van der Waals surface area contributed by atoms with E-state index in [4.69, 9.17) is 0 Å². The Kier molecular flexibility index (Phi) is 3.18. The third-order valence-corrected chi connectivity index (χ3v) is 2.85. The van der Waals surface area contributed by atoms with Crippen molar-refractivity contribution in [1.29, 1.82) is 0 Å². The minimum absolute atomic E-state index is 0.148. The lowest BCUT2D eigenvalue weighted by Gasteiger charge is -2.07. The monoisotopic (exact) mass is 199 g/mol. The molecule has 0 bridgehead atoms. The zero-order chi connectivity index (χ0) is 10.5. The van der Waals surface area contributed by atoms with Gasteiger partial charge in [0.1, 0.15) is 5.82 Å². The van der Waals surface area contributed by atoms with Crippen LogP contribution in [0.1, 0.15) is 5.56 Å². The molecule has 2 heteroatoms. The quantitative estimate of drug-likeness (QED) is 0.661. The highest BCUT2D eigenvalue weighted by atomic mass is 19.1. The summed E-state index contributed by atoms with van der Waals surface area (Å²) in [6.07, 6.45) is 1.13. The molecular formula is C13H13BF-. The normalized spacial score (nSPS) is 10.2. The molecule has 2 rings (SSSR count). The maximum Gasteiger partial charge on any atom is 0.122 e. The van der Waals surface area contributed by atoms with Gasteiger partial charge in [0.25, 0.3) is 0 Å². The molecule has 2 aromatic rings. The van der Waals surface area contributed by atoms with Crippen molar-refractivity contribution < 1.29 is 4.39 Å². The fourth-order valence-corrected chi connectivity index (χ4v) is 1.89. The molecule has 0 saturated heterocycles. The Hall–Kier alpha value is -1.57. The van der Waals surface area contributed by atoms with Gasteiger partial charge in [-0.3, -0.25) is 0 Å². The van der Waals surface area contributed by atoms with Crippen LogP contribution in [0.4, 0.5) is 4.39 Å². The zero-order valence-corrected chi connectivity index (χ0v) is 8.78. The largest absolute Gasteiger partial charge is 0.217 e. The molecule has 15 heavy (non-hydrogen) atoms. The number of hydrogen-bond donors (Lipinski definition) is 0. The van der Waals surface area contributed by atoms with Crippen molar-refractivity contribution >= 4 is 12.7 Å². The zero-order valence-electron chi connectivity index (χ0n) is 8.78. The molecule has 0 amide bonds. The van der Waals surface area contributed by atoms with Crippen LogP contribution in [-0.4, -0.2) is 7.28 Å². The van der Waals surface area contributed by atoms with Crippen molar-refractivity contribution in [2.75, 3.05) is 0 Å². The highest BCUT2D eigenvalue weighted by molar-refractivity contribution is 6.52. The van der Waals surface area contributed by atoms with E-state index < -0.39 is 0 Å². The molecule has 0 heterocycles. The predicted octanol–water partition coefficient (Wildman–Crippen LogP) is 1.82. The maximum atomic E-state index is 12.7. The summed E-state index contributed by atoms with van der Waals surface area (Å²) < 4.78 is 12.7. The van der Waals surface area contributed by atoms with Gasteiger partial charge < -0.3 is 0 Å². The van der Waals surface area contributed by atoms with Crippen molar-refractivity contribution in [3.05, 3.63) is 66.0 Å². The minimum Gasteiger partial charge on any atom is -0.217 e. The lowest BCUT2D eigenvalue weighted by atomic mass is 9.65. The third kappa shape index (κ3) is 2.95. The van der Waals surface area contributed by atoms with E-state index >= 15 is 0 Å². The lowest BCUT2D eigenvalue weighted by Crippen LogP contribution is -2.16. The second-order valence-corrected chi connectivity index (χ2v) is 3.99. The van der Waals surface area contributed by atoms with Crippen molar-refractivity contribution in [1.82, 2.24) is 0 Å². The second kappa shape index (κ2) is 4.78. The summed E-state index contributed by atoms with van der Waals surface area (Å²) in [7, 11) is -0.167. The SMILES string of the molecule is Fc1ccc([BH2-]Cc2ccccc2)cc1. The summed E-state index contributed by atoms with van der Waals surface area (Å²) >= 11 is 0. The van der Waals surface area contributed by atoms with Crippen LogP contribution in [0.5, 0.6) is 0 Å². The molecule has 0 N–H and O–H groups in total. The molecule has 0 saturated carbocycles. The van der Waals surface area contributed by atoms with Gasteiger partial charge in [-0.25, -0.2) is 9.85 Å². The molecule has 0 unspecified atom stereocenters. The predicted molar refractivity (Wildman–Crippen MR) is 64.7 cm³/mol. The summed E-state index contributed by atoms with van der Waals surface area (Å²) in [6.45, 7) is 0. The topological polar surface area (TPSA) is 0 Å². The minimum atomic E-state index is -0.167. The van der Waals surface area contributed by atoms with Gasteiger partial charge in [0, 0.05) is 7.28 Å². The van der Waals surface area contributed by atoms with Crippen LogP contribution in [0.15, 0.2) is 54.6 Å². The summed E-state index contributed by atoms with van der Waals surface area (Å²) in [6, 6.07) is 17.3. The summed E-state index contributed by atoms with van der Waals surface area (Å²) in [4.78, 5) is 0. The Bertz CT molecular complexity index is 408. The second-order valence-electron chi connectivity index (χ2n) is 3.99. The molecule has 0 aromatic heterocycles.